The maximum atomic E-state index is 11.3. The summed E-state index contributed by atoms with van der Waals surface area (Å²) in [5.74, 6) is 1.08. The predicted molar refractivity (Wildman–Crippen MR) is 84.7 cm³/mol. The van der Waals surface area contributed by atoms with E-state index >= 15 is 0 Å². The number of methoxy groups -OCH3 is 1. The Morgan fingerprint density at radius 3 is 2.26 bits per heavy atom. The van der Waals surface area contributed by atoms with Crippen LogP contribution in [0.3, 0.4) is 0 Å². The van der Waals surface area contributed by atoms with E-state index in [-0.39, 0.29) is 16.3 Å². The monoisotopic (exact) mass is 337 g/mol. The van der Waals surface area contributed by atoms with Crippen molar-refractivity contribution in [1.29, 1.82) is 0 Å². The SMILES string of the molecule is COc1ccc(Oc2c(C)cc([N+](=O)[O-])cc2C)cc1S(=O)O. The number of aryl methyl sites for hydroxylation is 2. The summed E-state index contributed by atoms with van der Waals surface area (Å²) in [6, 6.07) is 7.34. The molecular weight excluding hydrogens is 322 g/mol. The maximum absolute atomic E-state index is 11.3. The smallest absolute Gasteiger partial charge is 0.270 e. The van der Waals surface area contributed by atoms with Crippen LogP contribution in [-0.2, 0) is 11.1 Å². The molecule has 0 aliphatic heterocycles. The summed E-state index contributed by atoms with van der Waals surface area (Å²) in [6.07, 6.45) is 0. The molecule has 23 heavy (non-hydrogen) atoms. The number of hydrogen-bond donors (Lipinski definition) is 1. The summed E-state index contributed by atoms with van der Waals surface area (Å²) in [4.78, 5) is 10.5. The van der Waals surface area contributed by atoms with Crippen LogP contribution in [0.2, 0.25) is 0 Å². The van der Waals surface area contributed by atoms with Crippen molar-refractivity contribution in [1.82, 2.24) is 0 Å². The van der Waals surface area contributed by atoms with Gasteiger partial charge in [0.2, 0.25) is 0 Å². The second-order valence-corrected chi connectivity index (χ2v) is 5.77. The highest BCUT2D eigenvalue weighted by molar-refractivity contribution is 7.79. The largest absolute Gasteiger partial charge is 0.495 e. The van der Waals surface area contributed by atoms with Crippen LogP contribution in [0.1, 0.15) is 11.1 Å². The van der Waals surface area contributed by atoms with Gasteiger partial charge >= 0.3 is 0 Å². The zero-order chi connectivity index (χ0) is 17.1. The second-order valence-electron chi connectivity index (χ2n) is 4.83. The molecule has 8 heteroatoms. The summed E-state index contributed by atoms with van der Waals surface area (Å²) in [6.45, 7) is 3.40. The topological polar surface area (TPSA) is 98.9 Å². The van der Waals surface area contributed by atoms with Crippen LogP contribution in [0, 0.1) is 24.0 Å². The third-order valence-electron chi connectivity index (χ3n) is 3.20. The number of nitrogens with zero attached hydrogens (tertiary/aromatic N) is 1. The first-order valence-corrected chi connectivity index (χ1v) is 7.66. The van der Waals surface area contributed by atoms with Gasteiger partial charge in [-0.2, -0.15) is 0 Å². The van der Waals surface area contributed by atoms with E-state index in [2.05, 4.69) is 0 Å². The normalized spacial score (nSPS) is 11.8. The number of rotatable bonds is 5. The van der Waals surface area contributed by atoms with Crippen molar-refractivity contribution in [3.05, 3.63) is 51.6 Å². The van der Waals surface area contributed by atoms with Crippen LogP contribution in [0.5, 0.6) is 17.2 Å². The molecule has 0 bridgehead atoms. The lowest BCUT2D eigenvalue weighted by molar-refractivity contribution is -0.385. The van der Waals surface area contributed by atoms with Gasteiger partial charge in [-0.25, -0.2) is 4.21 Å². The van der Waals surface area contributed by atoms with Crippen LogP contribution in [0.25, 0.3) is 0 Å². The molecule has 0 amide bonds. The van der Waals surface area contributed by atoms with E-state index in [0.29, 0.717) is 22.6 Å². The average Bonchev–Trinajstić information content (AvgIpc) is 2.50. The number of benzene rings is 2. The van der Waals surface area contributed by atoms with Gasteiger partial charge in [0.1, 0.15) is 22.1 Å². The summed E-state index contributed by atoms with van der Waals surface area (Å²) >= 11 is -2.22. The van der Waals surface area contributed by atoms with Crippen molar-refractivity contribution in [2.75, 3.05) is 7.11 Å². The molecule has 122 valence electrons. The van der Waals surface area contributed by atoms with E-state index < -0.39 is 16.0 Å². The molecule has 0 aliphatic rings. The lowest BCUT2D eigenvalue weighted by Crippen LogP contribution is -1.98. The minimum absolute atomic E-state index is 0.0146. The molecule has 7 nitrogen and oxygen atoms in total. The Kier molecular flexibility index (Phi) is 4.97. The van der Waals surface area contributed by atoms with Gasteiger partial charge in [-0.15, -0.1) is 0 Å². The lowest BCUT2D eigenvalue weighted by atomic mass is 10.1. The van der Waals surface area contributed by atoms with E-state index in [1.54, 1.807) is 19.9 Å². The number of ether oxygens (including phenoxy) is 2. The minimum atomic E-state index is -2.22. The zero-order valence-corrected chi connectivity index (χ0v) is 13.5. The Morgan fingerprint density at radius 2 is 1.78 bits per heavy atom. The molecule has 2 rings (SSSR count). The Morgan fingerprint density at radius 1 is 1.17 bits per heavy atom. The molecule has 1 unspecified atom stereocenters. The van der Waals surface area contributed by atoms with E-state index in [4.69, 9.17) is 9.47 Å². The van der Waals surface area contributed by atoms with Crippen LogP contribution >= 0.6 is 0 Å². The molecule has 0 aliphatic carbocycles. The first-order valence-electron chi connectivity index (χ1n) is 6.56. The number of non-ortho nitro benzene ring substituents is 1. The third-order valence-corrected chi connectivity index (χ3v) is 3.89. The van der Waals surface area contributed by atoms with Gasteiger partial charge in [0.15, 0.2) is 11.1 Å². The predicted octanol–water partition coefficient (Wildman–Crippen LogP) is 3.59. The van der Waals surface area contributed by atoms with Gasteiger partial charge in [-0.05, 0) is 37.1 Å². The van der Waals surface area contributed by atoms with Gasteiger partial charge in [0, 0.05) is 18.2 Å². The summed E-state index contributed by atoms with van der Waals surface area (Å²) in [5, 5.41) is 10.9. The number of nitro groups is 1. The standard InChI is InChI=1S/C15H15NO6S/c1-9-6-11(16(17)18)7-10(2)15(9)22-12-4-5-13(21-3)14(8-12)23(19)20/h4-8H,1-3H3,(H,19,20). The number of nitro benzene ring substituents is 1. The number of hydrogen-bond acceptors (Lipinski definition) is 5. The van der Waals surface area contributed by atoms with Gasteiger partial charge < -0.3 is 14.0 Å². The van der Waals surface area contributed by atoms with E-state index in [1.165, 1.54) is 31.4 Å². The molecule has 0 saturated carbocycles. The molecule has 0 aromatic heterocycles. The van der Waals surface area contributed by atoms with Crippen LogP contribution in [-0.4, -0.2) is 20.8 Å². The molecule has 2 aromatic carbocycles. The quantitative estimate of drug-likeness (QED) is 0.508. The first-order chi connectivity index (χ1) is 10.8. The van der Waals surface area contributed by atoms with Crippen molar-refractivity contribution in [2.24, 2.45) is 0 Å². The Labute approximate surface area is 135 Å². The van der Waals surface area contributed by atoms with Gasteiger partial charge in [-0.3, -0.25) is 10.1 Å². The first kappa shape index (κ1) is 16.9. The van der Waals surface area contributed by atoms with Gasteiger partial charge in [0.05, 0.1) is 12.0 Å². The third kappa shape index (κ3) is 3.66. The Balaban J connectivity index is 2.42. The molecule has 1 N–H and O–H groups in total. The zero-order valence-electron chi connectivity index (χ0n) is 12.7. The highest BCUT2D eigenvalue weighted by atomic mass is 32.2. The highest BCUT2D eigenvalue weighted by Crippen LogP contribution is 2.34. The van der Waals surface area contributed by atoms with Crippen molar-refractivity contribution in [2.45, 2.75) is 18.7 Å². The molecule has 0 heterocycles. The molecule has 2 aromatic rings. The highest BCUT2D eigenvalue weighted by Gasteiger charge is 2.15. The lowest BCUT2D eigenvalue weighted by Gasteiger charge is -2.13. The van der Waals surface area contributed by atoms with Crippen molar-refractivity contribution in [3.8, 4) is 17.2 Å². The minimum Gasteiger partial charge on any atom is -0.495 e. The van der Waals surface area contributed by atoms with E-state index in [1.807, 2.05) is 0 Å². The second kappa shape index (κ2) is 6.76. The van der Waals surface area contributed by atoms with Crippen LogP contribution in [0.15, 0.2) is 35.2 Å². The molecule has 0 saturated heterocycles. The summed E-state index contributed by atoms with van der Waals surface area (Å²) < 4.78 is 31.4. The molecular formula is C15H15NO6S. The Hall–Kier alpha value is -2.45. The van der Waals surface area contributed by atoms with Gasteiger partial charge in [0.25, 0.3) is 5.69 Å². The van der Waals surface area contributed by atoms with Crippen LogP contribution in [0.4, 0.5) is 5.69 Å². The summed E-state index contributed by atoms with van der Waals surface area (Å²) in [7, 11) is 1.40. The van der Waals surface area contributed by atoms with E-state index in [9.17, 15) is 18.9 Å². The molecule has 0 spiro atoms. The fourth-order valence-electron chi connectivity index (χ4n) is 2.17. The fraction of sp³-hybridized carbons (Fsp3) is 0.200. The summed E-state index contributed by atoms with van der Waals surface area (Å²) in [5.41, 5.74) is 1.18. The molecule has 1 atom stereocenters. The van der Waals surface area contributed by atoms with Crippen molar-refractivity contribution >= 4 is 16.8 Å². The Bertz CT molecular complexity index is 767. The van der Waals surface area contributed by atoms with Crippen molar-refractivity contribution in [3.63, 3.8) is 0 Å². The fourth-order valence-corrected chi connectivity index (χ4v) is 2.71. The molecule has 0 fully saturated rings. The van der Waals surface area contributed by atoms with Crippen molar-refractivity contribution < 1.29 is 23.2 Å². The van der Waals surface area contributed by atoms with E-state index in [0.717, 1.165) is 0 Å². The average molecular weight is 337 g/mol. The maximum Gasteiger partial charge on any atom is 0.270 e. The van der Waals surface area contributed by atoms with Crippen LogP contribution < -0.4 is 9.47 Å². The molecule has 0 radical (unpaired) electrons. The van der Waals surface area contributed by atoms with Gasteiger partial charge in [-0.1, -0.05) is 0 Å².